The third kappa shape index (κ3) is 4.52. The lowest BCUT2D eigenvalue weighted by Gasteiger charge is -2.15. The molecule has 2 N–H and O–H groups in total. The van der Waals surface area contributed by atoms with Gasteiger partial charge in [-0.25, -0.2) is 0 Å². The zero-order chi connectivity index (χ0) is 15.9. The number of hydrogen-bond acceptors (Lipinski definition) is 3. The first-order valence-electron chi connectivity index (χ1n) is 7.29. The van der Waals surface area contributed by atoms with Gasteiger partial charge in [0.1, 0.15) is 6.61 Å². The van der Waals surface area contributed by atoms with Crippen LogP contribution in [0.2, 0.25) is 0 Å². The second-order valence-electron chi connectivity index (χ2n) is 5.50. The van der Waals surface area contributed by atoms with E-state index >= 15 is 0 Å². The fourth-order valence-corrected chi connectivity index (χ4v) is 1.89. The van der Waals surface area contributed by atoms with E-state index < -0.39 is 5.91 Å². The Hall–Kier alpha value is -2.49. The second kappa shape index (κ2) is 7.50. The van der Waals surface area contributed by atoms with Crippen LogP contribution in [0.1, 0.15) is 29.8 Å². The number of carbonyl (C=O) groups excluding carboxylic acids is 1. The number of ether oxygens (including phenoxy) is 2. The van der Waals surface area contributed by atoms with Gasteiger partial charge >= 0.3 is 0 Å². The van der Waals surface area contributed by atoms with Crippen LogP contribution in [0, 0.1) is 5.92 Å². The molecule has 0 saturated carbocycles. The van der Waals surface area contributed by atoms with Crippen molar-refractivity contribution in [2.75, 3.05) is 6.61 Å². The Morgan fingerprint density at radius 2 is 1.77 bits per heavy atom. The van der Waals surface area contributed by atoms with Gasteiger partial charge in [-0.2, -0.15) is 0 Å². The highest BCUT2D eigenvalue weighted by molar-refractivity contribution is 5.93. The predicted molar refractivity (Wildman–Crippen MR) is 86.1 cm³/mol. The molecule has 0 fully saturated rings. The summed E-state index contributed by atoms with van der Waals surface area (Å²) in [6.07, 6.45) is 0. The maximum Gasteiger partial charge on any atom is 0.248 e. The Morgan fingerprint density at radius 1 is 1.05 bits per heavy atom. The van der Waals surface area contributed by atoms with E-state index in [1.54, 1.807) is 18.2 Å². The summed E-state index contributed by atoms with van der Waals surface area (Å²) in [6, 6.07) is 14.9. The van der Waals surface area contributed by atoms with E-state index in [4.69, 9.17) is 15.2 Å². The normalized spacial score (nSPS) is 10.5. The first kappa shape index (κ1) is 15.9. The molecule has 0 radical (unpaired) electrons. The molecule has 4 nitrogen and oxygen atoms in total. The molecule has 2 rings (SSSR count). The molecule has 2 aromatic rings. The van der Waals surface area contributed by atoms with E-state index in [9.17, 15) is 4.79 Å². The molecule has 0 aromatic heterocycles. The summed E-state index contributed by atoms with van der Waals surface area (Å²) in [7, 11) is 0. The minimum absolute atomic E-state index is 0.374. The summed E-state index contributed by atoms with van der Waals surface area (Å²) in [5.74, 6) is 1.04. The highest BCUT2D eigenvalue weighted by Gasteiger charge is 2.10. The van der Waals surface area contributed by atoms with Gasteiger partial charge in [0.15, 0.2) is 11.5 Å². The fourth-order valence-electron chi connectivity index (χ4n) is 1.89. The molecule has 0 bridgehead atoms. The first-order chi connectivity index (χ1) is 10.6. The number of amides is 1. The van der Waals surface area contributed by atoms with Crippen molar-refractivity contribution in [1.82, 2.24) is 0 Å². The van der Waals surface area contributed by atoms with Crippen molar-refractivity contribution in [1.29, 1.82) is 0 Å². The summed E-state index contributed by atoms with van der Waals surface area (Å²) >= 11 is 0. The summed E-state index contributed by atoms with van der Waals surface area (Å²) < 4.78 is 11.6. The Bertz CT molecular complexity index is 623. The number of benzene rings is 2. The van der Waals surface area contributed by atoms with Gasteiger partial charge in [0.2, 0.25) is 5.91 Å². The molecule has 4 heteroatoms. The summed E-state index contributed by atoms with van der Waals surface area (Å²) in [5.41, 5.74) is 6.79. The molecule has 1 amide bonds. The van der Waals surface area contributed by atoms with Crippen LogP contribution in [0.15, 0.2) is 48.5 Å². The van der Waals surface area contributed by atoms with Crippen LogP contribution < -0.4 is 15.2 Å². The van der Waals surface area contributed by atoms with Crippen molar-refractivity contribution in [3.8, 4) is 11.5 Å². The molecule has 0 aliphatic heterocycles. The Labute approximate surface area is 130 Å². The highest BCUT2D eigenvalue weighted by Crippen LogP contribution is 2.29. The molecule has 0 atom stereocenters. The van der Waals surface area contributed by atoms with E-state index in [1.807, 2.05) is 30.3 Å². The van der Waals surface area contributed by atoms with Crippen molar-refractivity contribution in [2.24, 2.45) is 11.7 Å². The smallest absolute Gasteiger partial charge is 0.248 e. The van der Waals surface area contributed by atoms with Crippen LogP contribution in [-0.4, -0.2) is 12.5 Å². The van der Waals surface area contributed by atoms with Crippen LogP contribution in [0.4, 0.5) is 0 Å². The monoisotopic (exact) mass is 299 g/mol. The van der Waals surface area contributed by atoms with Crippen molar-refractivity contribution in [2.45, 2.75) is 20.5 Å². The van der Waals surface area contributed by atoms with Gasteiger partial charge in [0.05, 0.1) is 6.61 Å². The largest absolute Gasteiger partial charge is 0.489 e. The molecule has 0 saturated heterocycles. The SMILES string of the molecule is CC(C)COc1cc(C(N)=O)ccc1OCc1ccccc1. The highest BCUT2D eigenvalue weighted by atomic mass is 16.5. The summed E-state index contributed by atoms with van der Waals surface area (Å²) in [4.78, 5) is 11.3. The van der Waals surface area contributed by atoms with E-state index in [2.05, 4.69) is 13.8 Å². The average molecular weight is 299 g/mol. The predicted octanol–water partition coefficient (Wildman–Crippen LogP) is 3.40. The number of hydrogen-bond donors (Lipinski definition) is 1. The maximum atomic E-state index is 11.3. The topological polar surface area (TPSA) is 61.5 Å². The Morgan fingerprint density at radius 3 is 2.41 bits per heavy atom. The molecule has 0 unspecified atom stereocenters. The molecule has 2 aromatic carbocycles. The third-order valence-corrected chi connectivity index (χ3v) is 3.04. The van der Waals surface area contributed by atoms with Crippen LogP contribution in [0.25, 0.3) is 0 Å². The van der Waals surface area contributed by atoms with Crippen LogP contribution in [0.3, 0.4) is 0 Å². The van der Waals surface area contributed by atoms with Crippen molar-refractivity contribution in [3.05, 3.63) is 59.7 Å². The van der Waals surface area contributed by atoms with Gasteiger partial charge in [0, 0.05) is 5.56 Å². The van der Waals surface area contributed by atoms with Gasteiger partial charge in [-0.15, -0.1) is 0 Å². The Kier molecular flexibility index (Phi) is 5.42. The summed E-state index contributed by atoms with van der Waals surface area (Å²) in [5, 5.41) is 0. The first-order valence-corrected chi connectivity index (χ1v) is 7.29. The molecule has 0 aliphatic carbocycles. The van der Waals surface area contributed by atoms with Crippen LogP contribution >= 0.6 is 0 Å². The third-order valence-electron chi connectivity index (χ3n) is 3.04. The number of primary amides is 1. The molecule has 0 aliphatic rings. The van der Waals surface area contributed by atoms with E-state index in [0.29, 0.717) is 36.2 Å². The van der Waals surface area contributed by atoms with Gasteiger partial charge in [0.25, 0.3) is 0 Å². The lowest BCUT2D eigenvalue weighted by atomic mass is 10.2. The molecular weight excluding hydrogens is 278 g/mol. The van der Waals surface area contributed by atoms with Gasteiger partial charge < -0.3 is 15.2 Å². The lowest BCUT2D eigenvalue weighted by molar-refractivity contribution is 0.0999. The molecule has 22 heavy (non-hydrogen) atoms. The van der Waals surface area contributed by atoms with Crippen molar-refractivity contribution in [3.63, 3.8) is 0 Å². The minimum atomic E-state index is -0.482. The fraction of sp³-hybridized carbons (Fsp3) is 0.278. The number of nitrogens with two attached hydrogens (primary N) is 1. The van der Waals surface area contributed by atoms with E-state index in [0.717, 1.165) is 5.56 Å². The van der Waals surface area contributed by atoms with Crippen LogP contribution in [0.5, 0.6) is 11.5 Å². The molecule has 116 valence electrons. The van der Waals surface area contributed by atoms with E-state index in [-0.39, 0.29) is 0 Å². The number of rotatable bonds is 7. The van der Waals surface area contributed by atoms with Crippen LogP contribution in [-0.2, 0) is 6.61 Å². The van der Waals surface area contributed by atoms with Gasteiger partial charge in [-0.1, -0.05) is 44.2 Å². The van der Waals surface area contributed by atoms with Crippen molar-refractivity contribution >= 4 is 5.91 Å². The summed E-state index contributed by atoms with van der Waals surface area (Å²) in [6.45, 7) is 5.10. The second-order valence-corrected chi connectivity index (χ2v) is 5.50. The van der Waals surface area contributed by atoms with Crippen molar-refractivity contribution < 1.29 is 14.3 Å². The standard InChI is InChI=1S/C18H21NO3/c1-13(2)11-21-17-10-15(18(19)20)8-9-16(17)22-12-14-6-4-3-5-7-14/h3-10,13H,11-12H2,1-2H3,(H2,19,20). The zero-order valence-corrected chi connectivity index (χ0v) is 12.9. The maximum absolute atomic E-state index is 11.3. The quantitative estimate of drug-likeness (QED) is 0.852. The lowest BCUT2D eigenvalue weighted by Crippen LogP contribution is -2.12. The molecule has 0 heterocycles. The van der Waals surface area contributed by atoms with Gasteiger partial charge in [-0.3, -0.25) is 4.79 Å². The Balaban J connectivity index is 2.15. The molecule has 0 spiro atoms. The minimum Gasteiger partial charge on any atom is -0.489 e. The average Bonchev–Trinajstić information content (AvgIpc) is 2.52. The molecular formula is C18H21NO3. The van der Waals surface area contributed by atoms with Gasteiger partial charge in [-0.05, 0) is 29.7 Å². The van der Waals surface area contributed by atoms with E-state index in [1.165, 1.54) is 0 Å². The zero-order valence-electron chi connectivity index (χ0n) is 12.9. The number of carbonyl (C=O) groups is 1.